The van der Waals surface area contributed by atoms with Gasteiger partial charge in [-0.15, -0.1) is 0 Å². The number of aliphatic hydroxyl groups excluding tert-OH is 2. The van der Waals surface area contributed by atoms with E-state index in [4.69, 9.17) is 14.2 Å². The van der Waals surface area contributed by atoms with Crippen molar-refractivity contribution in [3.8, 4) is 0 Å². The number of fused-ring (bicyclic) bond motifs is 2. The zero-order valence-electron chi connectivity index (χ0n) is 19.6. The number of nitrogens with zero attached hydrogens (tertiary/aromatic N) is 1. The number of likely N-dealkylation sites (tertiary alicyclic amines) is 1. The van der Waals surface area contributed by atoms with Crippen molar-refractivity contribution in [2.24, 2.45) is 34.5 Å². The molecule has 13 atom stereocenters. The fourth-order valence-electron chi connectivity index (χ4n) is 10.7. The second-order valence-corrected chi connectivity index (χ2v) is 11.6. The molecular weight excluding hydrogens is 414 g/mol. The van der Waals surface area contributed by atoms with Gasteiger partial charge in [0, 0.05) is 62.9 Å². The smallest absolute Gasteiger partial charge is 0.136 e. The molecule has 5 saturated carbocycles. The van der Waals surface area contributed by atoms with Gasteiger partial charge < -0.3 is 34.6 Å². The predicted octanol–water partition coefficient (Wildman–Crippen LogP) is -0.383. The SMILES string of the molecule is CCN1C[C@]2(CO)CC[C@H](OC)[C@@]34[C@@H]5C[C@H]6[C@H](OC)[C@@H]5[C@](O)(C[C@@H]6OC)[C@](O)(C(O)[C@H]23)[C@@H]14. The Kier molecular flexibility index (Phi) is 4.62. The fourth-order valence-corrected chi connectivity index (χ4v) is 10.7. The van der Waals surface area contributed by atoms with Crippen LogP contribution in [-0.2, 0) is 14.2 Å². The van der Waals surface area contributed by atoms with Crippen LogP contribution in [0.3, 0.4) is 0 Å². The summed E-state index contributed by atoms with van der Waals surface area (Å²) in [7, 11) is 5.07. The number of likely N-dealkylation sites (N-methyl/N-ethyl adjacent to an activating group) is 1. The maximum absolute atomic E-state index is 12.7. The minimum atomic E-state index is -1.75. The molecule has 1 spiro atoms. The summed E-state index contributed by atoms with van der Waals surface area (Å²) >= 11 is 0. The first-order valence-electron chi connectivity index (χ1n) is 12.3. The van der Waals surface area contributed by atoms with Gasteiger partial charge in [-0.1, -0.05) is 6.92 Å². The molecule has 6 aliphatic rings. The monoisotopic (exact) mass is 453 g/mol. The van der Waals surface area contributed by atoms with E-state index in [1.807, 2.05) is 0 Å². The lowest BCUT2D eigenvalue weighted by atomic mass is 9.42. The van der Waals surface area contributed by atoms with Gasteiger partial charge in [0.2, 0.25) is 0 Å². The Bertz CT molecular complexity index is 798. The van der Waals surface area contributed by atoms with Crippen LogP contribution in [0, 0.1) is 34.5 Å². The van der Waals surface area contributed by atoms with Gasteiger partial charge in [-0.3, -0.25) is 4.90 Å². The van der Waals surface area contributed by atoms with E-state index < -0.39 is 34.2 Å². The molecule has 1 aliphatic heterocycles. The molecule has 6 fully saturated rings. The summed E-state index contributed by atoms with van der Waals surface area (Å²) in [6, 6.07) is -0.442. The summed E-state index contributed by atoms with van der Waals surface area (Å²) < 4.78 is 18.0. The lowest BCUT2D eigenvalue weighted by Gasteiger charge is -2.70. The average Bonchev–Trinajstić information content (AvgIpc) is 3.20. The summed E-state index contributed by atoms with van der Waals surface area (Å²) in [6.45, 7) is 3.31. The highest BCUT2D eigenvalue weighted by Gasteiger charge is 2.91. The van der Waals surface area contributed by atoms with Crippen molar-refractivity contribution in [1.29, 1.82) is 0 Å². The molecule has 5 aliphatic carbocycles. The summed E-state index contributed by atoms with van der Waals surface area (Å²) in [5.41, 5.74) is -4.39. The van der Waals surface area contributed by atoms with Crippen LogP contribution in [0.5, 0.6) is 0 Å². The molecular formula is C24H39NO7. The van der Waals surface area contributed by atoms with Crippen molar-refractivity contribution in [3.63, 3.8) is 0 Å². The number of ether oxygens (including phenoxy) is 3. The number of hydrogen-bond acceptors (Lipinski definition) is 8. The van der Waals surface area contributed by atoms with E-state index in [2.05, 4.69) is 11.8 Å². The molecule has 32 heavy (non-hydrogen) atoms. The van der Waals surface area contributed by atoms with Gasteiger partial charge >= 0.3 is 0 Å². The molecule has 0 radical (unpaired) electrons. The quantitative estimate of drug-likeness (QED) is 0.446. The van der Waals surface area contributed by atoms with Crippen molar-refractivity contribution >= 4 is 0 Å². The average molecular weight is 454 g/mol. The highest BCUT2D eigenvalue weighted by atomic mass is 16.5. The molecule has 4 N–H and O–H groups in total. The lowest BCUT2D eigenvalue weighted by Crippen LogP contribution is -2.82. The Labute approximate surface area is 189 Å². The van der Waals surface area contributed by atoms with E-state index in [1.165, 1.54) is 0 Å². The van der Waals surface area contributed by atoms with Crippen LogP contribution in [0.1, 0.15) is 32.6 Å². The van der Waals surface area contributed by atoms with Crippen molar-refractivity contribution in [2.45, 2.75) is 74.3 Å². The summed E-state index contributed by atoms with van der Waals surface area (Å²) in [6.07, 6.45) is 0.776. The third-order valence-corrected chi connectivity index (χ3v) is 11.4. The third kappa shape index (κ3) is 1.96. The number of rotatable bonds is 5. The van der Waals surface area contributed by atoms with Crippen LogP contribution >= 0.6 is 0 Å². The molecule has 7 bridgehead atoms. The Morgan fingerprint density at radius 2 is 1.84 bits per heavy atom. The first-order valence-corrected chi connectivity index (χ1v) is 12.3. The van der Waals surface area contributed by atoms with Gasteiger partial charge in [-0.2, -0.15) is 0 Å². The van der Waals surface area contributed by atoms with Crippen LogP contribution in [0.4, 0.5) is 0 Å². The van der Waals surface area contributed by atoms with Crippen molar-refractivity contribution in [3.05, 3.63) is 0 Å². The van der Waals surface area contributed by atoms with Crippen LogP contribution < -0.4 is 0 Å². The first-order chi connectivity index (χ1) is 15.3. The number of piperidine rings is 1. The van der Waals surface area contributed by atoms with Gasteiger partial charge in [0.05, 0.1) is 37.1 Å². The first kappa shape index (κ1) is 22.2. The fraction of sp³-hybridized carbons (Fsp3) is 1.00. The van der Waals surface area contributed by atoms with Crippen molar-refractivity contribution < 1.29 is 34.6 Å². The summed E-state index contributed by atoms with van der Waals surface area (Å²) in [4.78, 5) is 2.23. The van der Waals surface area contributed by atoms with E-state index in [0.29, 0.717) is 13.1 Å². The predicted molar refractivity (Wildman–Crippen MR) is 114 cm³/mol. The van der Waals surface area contributed by atoms with Crippen LogP contribution in [0.25, 0.3) is 0 Å². The molecule has 0 aromatic carbocycles. The van der Waals surface area contributed by atoms with E-state index in [0.717, 1.165) is 19.3 Å². The van der Waals surface area contributed by atoms with Crippen molar-refractivity contribution in [2.75, 3.05) is 41.0 Å². The second kappa shape index (κ2) is 6.66. The minimum absolute atomic E-state index is 0.000509. The molecule has 0 amide bonds. The molecule has 8 nitrogen and oxygen atoms in total. The number of hydrogen-bond donors (Lipinski definition) is 4. The summed E-state index contributed by atoms with van der Waals surface area (Å²) in [5.74, 6) is -0.531. The van der Waals surface area contributed by atoms with Gasteiger partial charge in [0.25, 0.3) is 0 Å². The van der Waals surface area contributed by atoms with E-state index in [-0.39, 0.29) is 55.0 Å². The topological polar surface area (TPSA) is 112 Å². The van der Waals surface area contributed by atoms with Crippen LogP contribution in [-0.4, -0.2) is 108 Å². The zero-order chi connectivity index (χ0) is 22.8. The highest BCUT2D eigenvalue weighted by molar-refractivity contribution is 5.41. The van der Waals surface area contributed by atoms with Crippen LogP contribution in [0.15, 0.2) is 0 Å². The van der Waals surface area contributed by atoms with E-state index >= 15 is 0 Å². The maximum Gasteiger partial charge on any atom is 0.136 e. The Balaban J connectivity index is 1.67. The molecule has 0 aromatic rings. The lowest BCUT2D eigenvalue weighted by molar-refractivity contribution is -0.319. The van der Waals surface area contributed by atoms with Gasteiger partial charge in [-0.25, -0.2) is 0 Å². The van der Waals surface area contributed by atoms with Crippen LogP contribution in [0.2, 0.25) is 0 Å². The Morgan fingerprint density at radius 3 is 2.44 bits per heavy atom. The normalized spacial score (nSPS) is 62.4. The Morgan fingerprint density at radius 1 is 1.09 bits per heavy atom. The minimum Gasteiger partial charge on any atom is -0.396 e. The molecule has 1 saturated heterocycles. The molecule has 0 aromatic heterocycles. The second-order valence-electron chi connectivity index (χ2n) is 11.6. The summed E-state index contributed by atoms with van der Waals surface area (Å²) in [5, 5.41) is 47.9. The highest BCUT2D eigenvalue weighted by Crippen LogP contribution is 2.80. The zero-order valence-corrected chi connectivity index (χ0v) is 19.6. The third-order valence-electron chi connectivity index (χ3n) is 11.4. The van der Waals surface area contributed by atoms with Crippen molar-refractivity contribution in [1.82, 2.24) is 4.90 Å². The largest absolute Gasteiger partial charge is 0.396 e. The molecule has 182 valence electrons. The van der Waals surface area contributed by atoms with Gasteiger partial charge in [0.1, 0.15) is 11.2 Å². The van der Waals surface area contributed by atoms with Gasteiger partial charge in [0.15, 0.2) is 0 Å². The number of aliphatic hydroxyl groups is 4. The molecule has 1 heterocycles. The molecule has 1 unspecified atom stereocenters. The molecule has 8 heteroatoms. The Hall–Kier alpha value is -0.320. The maximum atomic E-state index is 12.7. The van der Waals surface area contributed by atoms with Gasteiger partial charge in [-0.05, 0) is 31.7 Å². The molecule has 6 rings (SSSR count). The van der Waals surface area contributed by atoms with E-state index in [9.17, 15) is 20.4 Å². The number of methoxy groups -OCH3 is 3. The standard InChI is InChI=1S/C24H39NO7/c1-5-25-10-21(11-26)7-6-15(31-3)23-13-8-12-14(30-2)9-22(28,16(13)17(12)32-4)24(29,20(23)25)19(27)18(21)23/h12-20,26-29H,5-11H2,1-4H3/t12-,13-,14+,15+,16-,17+,18-,19?,20+,21+,22-,23+,24+/m1/s1. The van der Waals surface area contributed by atoms with E-state index in [1.54, 1.807) is 21.3 Å².